The molecular weight excluding hydrogens is 271 g/mol. The summed E-state index contributed by atoms with van der Waals surface area (Å²) in [6.07, 6.45) is 0. The van der Waals surface area contributed by atoms with Crippen LogP contribution in [0.1, 0.15) is 16.7 Å². The van der Waals surface area contributed by atoms with Crippen LogP contribution in [0.25, 0.3) is 0 Å². The minimum absolute atomic E-state index is 0.154. The van der Waals surface area contributed by atoms with Gasteiger partial charge < -0.3 is 15.2 Å². The zero-order valence-electron chi connectivity index (χ0n) is 11.6. The van der Waals surface area contributed by atoms with Crippen molar-refractivity contribution in [3.05, 3.63) is 58.9 Å². The SMILES string of the molecule is COc1ccc(COc2ccc(CN)cc2F)cc1C#N. The minimum Gasteiger partial charge on any atom is -0.495 e. The fourth-order valence-corrected chi connectivity index (χ4v) is 1.88. The molecule has 0 heterocycles. The van der Waals surface area contributed by atoms with E-state index in [2.05, 4.69) is 0 Å². The second-order valence-corrected chi connectivity index (χ2v) is 4.40. The average molecular weight is 286 g/mol. The van der Waals surface area contributed by atoms with E-state index < -0.39 is 5.82 Å². The lowest BCUT2D eigenvalue weighted by Crippen LogP contribution is -2.01. The molecule has 0 fully saturated rings. The molecule has 4 nitrogen and oxygen atoms in total. The monoisotopic (exact) mass is 286 g/mol. The normalized spacial score (nSPS) is 10.0. The molecule has 0 atom stereocenters. The van der Waals surface area contributed by atoms with Crippen molar-refractivity contribution in [2.45, 2.75) is 13.2 Å². The zero-order chi connectivity index (χ0) is 15.2. The first-order valence-electron chi connectivity index (χ1n) is 6.36. The smallest absolute Gasteiger partial charge is 0.165 e. The van der Waals surface area contributed by atoms with Gasteiger partial charge in [0.15, 0.2) is 11.6 Å². The molecule has 2 aromatic rings. The van der Waals surface area contributed by atoms with Gasteiger partial charge in [0.1, 0.15) is 18.4 Å². The molecule has 2 N–H and O–H groups in total. The molecule has 0 aromatic heterocycles. The summed E-state index contributed by atoms with van der Waals surface area (Å²) in [4.78, 5) is 0. The van der Waals surface area contributed by atoms with Crippen LogP contribution in [-0.2, 0) is 13.2 Å². The molecule has 0 aliphatic heterocycles. The fraction of sp³-hybridized carbons (Fsp3) is 0.188. The third-order valence-corrected chi connectivity index (χ3v) is 3.01. The summed E-state index contributed by atoms with van der Waals surface area (Å²) < 4.78 is 24.2. The van der Waals surface area contributed by atoms with Gasteiger partial charge in [-0.2, -0.15) is 5.26 Å². The van der Waals surface area contributed by atoms with Crippen LogP contribution in [0.15, 0.2) is 36.4 Å². The van der Waals surface area contributed by atoms with Crippen molar-refractivity contribution in [1.82, 2.24) is 0 Å². The maximum atomic E-state index is 13.8. The van der Waals surface area contributed by atoms with Gasteiger partial charge in [-0.05, 0) is 35.4 Å². The lowest BCUT2D eigenvalue weighted by atomic mass is 10.1. The van der Waals surface area contributed by atoms with Crippen molar-refractivity contribution in [3.8, 4) is 17.6 Å². The maximum absolute atomic E-state index is 13.8. The highest BCUT2D eigenvalue weighted by atomic mass is 19.1. The molecule has 0 aliphatic rings. The second kappa shape index (κ2) is 6.73. The Kier molecular flexibility index (Phi) is 4.75. The predicted molar refractivity (Wildman–Crippen MR) is 76.3 cm³/mol. The van der Waals surface area contributed by atoms with Gasteiger partial charge in [-0.1, -0.05) is 12.1 Å². The Morgan fingerprint density at radius 2 is 1.86 bits per heavy atom. The predicted octanol–water partition coefficient (Wildman–Crippen LogP) is 2.74. The zero-order valence-corrected chi connectivity index (χ0v) is 11.6. The summed E-state index contributed by atoms with van der Waals surface area (Å²) in [5, 5.41) is 9.02. The van der Waals surface area contributed by atoms with E-state index in [4.69, 9.17) is 20.5 Å². The number of nitriles is 1. The number of hydrogen-bond acceptors (Lipinski definition) is 4. The summed E-state index contributed by atoms with van der Waals surface area (Å²) in [6, 6.07) is 11.8. The average Bonchev–Trinajstić information content (AvgIpc) is 2.53. The molecule has 21 heavy (non-hydrogen) atoms. The lowest BCUT2D eigenvalue weighted by molar-refractivity contribution is 0.290. The lowest BCUT2D eigenvalue weighted by Gasteiger charge is -2.09. The first-order valence-corrected chi connectivity index (χ1v) is 6.36. The molecule has 0 unspecified atom stereocenters. The van der Waals surface area contributed by atoms with E-state index in [-0.39, 0.29) is 18.9 Å². The molecule has 5 heteroatoms. The number of halogens is 1. The van der Waals surface area contributed by atoms with Gasteiger partial charge in [-0.3, -0.25) is 0 Å². The Balaban J connectivity index is 2.11. The van der Waals surface area contributed by atoms with Crippen molar-refractivity contribution in [2.24, 2.45) is 5.73 Å². The number of benzene rings is 2. The highest BCUT2D eigenvalue weighted by Crippen LogP contribution is 2.22. The summed E-state index contributed by atoms with van der Waals surface area (Å²) in [7, 11) is 1.50. The van der Waals surface area contributed by atoms with Gasteiger partial charge in [-0.25, -0.2) is 4.39 Å². The molecule has 0 spiro atoms. The van der Waals surface area contributed by atoms with E-state index in [0.29, 0.717) is 16.9 Å². The standard InChI is InChI=1S/C16H15FN2O2/c1-20-15-4-3-12(6-13(15)9-19)10-21-16-5-2-11(8-18)7-14(16)17/h2-7H,8,10,18H2,1H3. The van der Waals surface area contributed by atoms with Gasteiger partial charge in [0, 0.05) is 6.54 Å². The van der Waals surface area contributed by atoms with Crippen molar-refractivity contribution >= 4 is 0 Å². The molecule has 108 valence electrons. The Bertz CT molecular complexity index is 680. The van der Waals surface area contributed by atoms with E-state index in [9.17, 15) is 4.39 Å². The molecule has 0 bridgehead atoms. The van der Waals surface area contributed by atoms with Crippen LogP contribution < -0.4 is 15.2 Å². The van der Waals surface area contributed by atoms with E-state index in [1.165, 1.54) is 13.2 Å². The van der Waals surface area contributed by atoms with Crippen LogP contribution in [0.3, 0.4) is 0 Å². The quantitative estimate of drug-likeness (QED) is 0.917. The highest BCUT2D eigenvalue weighted by Gasteiger charge is 2.07. The fourth-order valence-electron chi connectivity index (χ4n) is 1.88. The summed E-state index contributed by atoms with van der Waals surface area (Å²) in [5.74, 6) is 0.202. The first-order chi connectivity index (χ1) is 10.2. The van der Waals surface area contributed by atoms with Gasteiger partial charge in [-0.15, -0.1) is 0 Å². The minimum atomic E-state index is -0.452. The van der Waals surface area contributed by atoms with Crippen LogP contribution in [0, 0.1) is 17.1 Å². The Morgan fingerprint density at radius 1 is 1.14 bits per heavy atom. The molecule has 0 aliphatic carbocycles. The third kappa shape index (κ3) is 3.50. The number of methoxy groups -OCH3 is 1. The van der Waals surface area contributed by atoms with Crippen LogP contribution in [0.4, 0.5) is 4.39 Å². The van der Waals surface area contributed by atoms with Crippen molar-refractivity contribution in [3.63, 3.8) is 0 Å². The number of nitrogens with zero attached hydrogens (tertiary/aromatic N) is 1. The van der Waals surface area contributed by atoms with E-state index in [0.717, 1.165) is 5.56 Å². The largest absolute Gasteiger partial charge is 0.495 e. The molecule has 2 aromatic carbocycles. The van der Waals surface area contributed by atoms with Gasteiger partial charge in [0.2, 0.25) is 0 Å². The van der Waals surface area contributed by atoms with E-state index >= 15 is 0 Å². The number of rotatable bonds is 5. The molecule has 0 saturated carbocycles. The summed E-state index contributed by atoms with van der Waals surface area (Å²) in [6.45, 7) is 0.443. The molecule has 2 rings (SSSR count). The van der Waals surface area contributed by atoms with E-state index in [1.54, 1.807) is 30.3 Å². The van der Waals surface area contributed by atoms with Crippen LogP contribution in [-0.4, -0.2) is 7.11 Å². The molecule has 0 saturated heterocycles. The Hall–Kier alpha value is -2.58. The molecule has 0 amide bonds. The van der Waals surface area contributed by atoms with Crippen LogP contribution >= 0.6 is 0 Å². The summed E-state index contributed by atoms with van der Waals surface area (Å²) in [5.41, 5.74) is 7.32. The number of nitrogens with two attached hydrogens (primary N) is 1. The maximum Gasteiger partial charge on any atom is 0.165 e. The number of ether oxygens (including phenoxy) is 2. The molecular formula is C16H15FN2O2. The third-order valence-electron chi connectivity index (χ3n) is 3.01. The van der Waals surface area contributed by atoms with Gasteiger partial charge >= 0.3 is 0 Å². The first kappa shape index (κ1) is 14.8. The van der Waals surface area contributed by atoms with Gasteiger partial charge in [0.25, 0.3) is 0 Å². The second-order valence-electron chi connectivity index (χ2n) is 4.40. The van der Waals surface area contributed by atoms with Crippen LogP contribution in [0.5, 0.6) is 11.5 Å². The Morgan fingerprint density at radius 3 is 2.48 bits per heavy atom. The molecule has 0 radical (unpaired) electrons. The highest BCUT2D eigenvalue weighted by molar-refractivity contribution is 5.45. The summed E-state index contributed by atoms with van der Waals surface area (Å²) >= 11 is 0. The Labute approximate surface area is 122 Å². The van der Waals surface area contributed by atoms with E-state index in [1.807, 2.05) is 6.07 Å². The van der Waals surface area contributed by atoms with Crippen molar-refractivity contribution < 1.29 is 13.9 Å². The van der Waals surface area contributed by atoms with Crippen molar-refractivity contribution in [2.75, 3.05) is 7.11 Å². The number of hydrogen-bond donors (Lipinski definition) is 1. The topological polar surface area (TPSA) is 68.3 Å². The van der Waals surface area contributed by atoms with Crippen molar-refractivity contribution in [1.29, 1.82) is 5.26 Å². The van der Waals surface area contributed by atoms with Gasteiger partial charge in [0.05, 0.1) is 12.7 Å². The van der Waals surface area contributed by atoms with Crippen LogP contribution in [0.2, 0.25) is 0 Å².